The van der Waals surface area contributed by atoms with Gasteiger partial charge in [0, 0.05) is 26.5 Å². The number of hydrogen-bond donors (Lipinski definition) is 2. The first-order chi connectivity index (χ1) is 14.0. The van der Waals surface area contributed by atoms with Gasteiger partial charge in [-0.2, -0.15) is 0 Å². The van der Waals surface area contributed by atoms with Gasteiger partial charge in [-0.05, 0) is 43.2 Å². The van der Waals surface area contributed by atoms with E-state index in [1.54, 1.807) is 42.0 Å². The lowest BCUT2D eigenvalue weighted by atomic mass is 10.2. The maximum Gasteiger partial charge on any atom is 0.292 e. The van der Waals surface area contributed by atoms with E-state index in [1.165, 1.54) is 7.11 Å². The fraction of sp³-hybridized carbons (Fsp3) is 0.286. The summed E-state index contributed by atoms with van der Waals surface area (Å²) in [5.41, 5.74) is 2.27. The van der Waals surface area contributed by atoms with Crippen LogP contribution in [0.25, 0.3) is 5.52 Å². The summed E-state index contributed by atoms with van der Waals surface area (Å²) in [7, 11) is 3.15. The molecule has 0 aliphatic carbocycles. The Morgan fingerprint density at radius 1 is 1.14 bits per heavy atom. The monoisotopic (exact) mass is 396 g/mol. The first-order valence-electron chi connectivity index (χ1n) is 9.25. The van der Waals surface area contributed by atoms with Gasteiger partial charge in [-0.3, -0.25) is 14.0 Å². The number of hydrogen-bond acceptors (Lipinski definition) is 5. The molecule has 3 aromatic rings. The average Bonchev–Trinajstić information content (AvgIpc) is 3.11. The van der Waals surface area contributed by atoms with Crippen molar-refractivity contribution in [3.63, 3.8) is 0 Å². The quantitative estimate of drug-likeness (QED) is 0.571. The third kappa shape index (κ3) is 4.55. The van der Waals surface area contributed by atoms with Gasteiger partial charge in [-0.1, -0.05) is 12.1 Å². The van der Waals surface area contributed by atoms with Crippen LogP contribution in [-0.4, -0.2) is 48.6 Å². The van der Waals surface area contributed by atoms with Crippen molar-refractivity contribution in [2.24, 2.45) is 0 Å². The third-order valence-corrected chi connectivity index (χ3v) is 4.38. The van der Waals surface area contributed by atoms with E-state index in [-0.39, 0.29) is 17.4 Å². The highest BCUT2D eigenvalue weighted by atomic mass is 16.5. The summed E-state index contributed by atoms with van der Waals surface area (Å²) in [5, 5.41) is 5.63. The molecule has 8 nitrogen and oxygen atoms in total. The average molecular weight is 396 g/mol. The molecule has 8 heteroatoms. The number of rotatable bonds is 8. The Morgan fingerprint density at radius 2 is 1.97 bits per heavy atom. The molecule has 0 atom stereocenters. The van der Waals surface area contributed by atoms with Crippen molar-refractivity contribution >= 4 is 23.0 Å². The molecule has 0 unspecified atom stereocenters. The number of amides is 2. The van der Waals surface area contributed by atoms with Crippen LogP contribution in [0.1, 0.15) is 33.1 Å². The number of fused-ring (bicyclic) bond motifs is 1. The molecule has 0 aliphatic rings. The third-order valence-electron chi connectivity index (χ3n) is 4.38. The van der Waals surface area contributed by atoms with Crippen molar-refractivity contribution in [1.82, 2.24) is 14.7 Å². The molecule has 0 spiro atoms. The zero-order valence-corrected chi connectivity index (χ0v) is 16.7. The molecular weight excluding hydrogens is 372 g/mol. The van der Waals surface area contributed by atoms with Crippen LogP contribution in [0.4, 0.5) is 5.69 Å². The standard InChI is InChI=1S/C21H24N4O4/c1-14-8-9-17(29-3)15(13-14)23-21(27)19-24-18(16-7-4-5-11-25(16)19)20(26)22-10-6-12-28-2/h4-5,7-9,11,13H,6,10,12H2,1-3H3,(H,22,26)(H,23,27). The molecule has 2 aromatic heterocycles. The molecule has 0 bridgehead atoms. The summed E-state index contributed by atoms with van der Waals surface area (Å²) in [6, 6.07) is 10.8. The van der Waals surface area contributed by atoms with E-state index < -0.39 is 5.91 Å². The largest absolute Gasteiger partial charge is 0.495 e. The number of carbonyl (C=O) groups is 2. The number of imidazole rings is 1. The fourth-order valence-electron chi connectivity index (χ4n) is 2.96. The van der Waals surface area contributed by atoms with Gasteiger partial charge in [0.25, 0.3) is 11.8 Å². The second-order valence-electron chi connectivity index (χ2n) is 6.50. The number of methoxy groups -OCH3 is 2. The minimum absolute atomic E-state index is 0.117. The van der Waals surface area contributed by atoms with E-state index in [0.717, 1.165) is 5.56 Å². The number of nitrogens with one attached hydrogen (secondary N) is 2. The van der Waals surface area contributed by atoms with E-state index >= 15 is 0 Å². The van der Waals surface area contributed by atoms with Crippen molar-refractivity contribution in [3.8, 4) is 5.75 Å². The van der Waals surface area contributed by atoms with E-state index in [9.17, 15) is 9.59 Å². The summed E-state index contributed by atoms with van der Waals surface area (Å²) in [6.45, 7) is 2.93. The zero-order valence-electron chi connectivity index (χ0n) is 16.7. The van der Waals surface area contributed by atoms with Gasteiger partial charge >= 0.3 is 0 Å². The summed E-state index contributed by atoms with van der Waals surface area (Å²) < 4.78 is 11.9. The van der Waals surface area contributed by atoms with Crippen molar-refractivity contribution < 1.29 is 19.1 Å². The maximum atomic E-state index is 12.9. The first-order valence-corrected chi connectivity index (χ1v) is 9.25. The summed E-state index contributed by atoms with van der Waals surface area (Å²) in [5.74, 6) is -0.113. The Hall–Kier alpha value is -3.39. The molecular formula is C21H24N4O4. The van der Waals surface area contributed by atoms with Crippen LogP contribution < -0.4 is 15.4 Å². The second-order valence-corrected chi connectivity index (χ2v) is 6.50. The number of aromatic nitrogens is 2. The number of pyridine rings is 1. The van der Waals surface area contributed by atoms with Crippen molar-refractivity contribution in [1.29, 1.82) is 0 Å². The number of nitrogens with zero attached hydrogens (tertiary/aromatic N) is 2. The Morgan fingerprint density at radius 3 is 2.72 bits per heavy atom. The van der Waals surface area contributed by atoms with Gasteiger partial charge in [0.15, 0.2) is 5.69 Å². The van der Waals surface area contributed by atoms with Crippen molar-refractivity contribution in [3.05, 3.63) is 59.7 Å². The number of benzene rings is 1. The lowest BCUT2D eigenvalue weighted by Crippen LogP contribution is -2.26. The Labute approximate surface area is 168 Å². The van der Waals surface area contributed by atoms with Crippen LogP contribution in [0, 0.1) is 6.92 Å². The highest BCUT2D eigenvalue weighted by Crippen LogP contribution is 2.26. The Bertz CT molecular complexity index is 1030. The van der Waals surface area contributed by atoms with E-state index in [1.807, 2.05) is 19.1 Å². The predicted octanol–water partition coefficient (Wildman–Crippen LogP) is 2.67. The van der Waals surface area contributed by atoms with Crippen molar-refractivity contribution in [2.75, 3.05) is 32.7 Å². The molecule has 2 N–H and O–H groups in total. The molecule has 2 amide bonds. The highest BCUT2D eigenvalue weighted by molar-refractivity contribution is 6.06. The molecule has 2 heterocycles. The second kappa shape index (κ2) is 9.20. The minimum Gasteiger partial charge on any atom is -0.495 e. The first kappa shape index (κ1) is 20.3. The number of anilines is 1. The molecule has 0 fully saturated rings. The molecule has 0 aliphatic heterocycles. The van der Waals surface area contributed by atoms with E-state index in [0.29, 0.717) is 36.5 Å². The number of aryl methyl sites for hydroxylation is 1. The topological polar surface area (TPSA) is 94.0 Å². The molecule has 29 heavy (non-hydrogen) atoms. The van der Waals surface area contributed by atoms with Gasteiger partial charge in [-0.25, -0.2) is 4.98 Å². The number of carbonyl (C=O) groups excluding carboxylic acids is 2. The van der Waals surface area contributed by atoms with Crippen LogP contribution >= 0.6 is 0 Å². The lowest BCUT2D eigenvalue weighted by Gasteiger charge is -2.10. The van der Waals surface area contributed by atoms with Crippen LogP contribution in [0.2, 0.25) is 0 Å². The van der Waals surface area contributed by atoms with Crippen LogP contribution in [0.3, 0.4) is 0 Å². The van der Waals surface area contributed by atoms with Gasteiger partial charge in [0.2, 0.25) is 5.82 Å². The highest BCUT2D eigenvalue weighted by Gasteiger charge is 2.22. The van der Waals surface area contributed by atoms with Crippen molar-refractivity contribution in [2.45, 2.75) is 13.3 Å². The molecule has 1 aromatic carbocycles. The van der Waals surface area contributed by atoms with Gasteiger partial charge in [0.05, 0.1) is 18.3 Å². The fourth-order valence-corrected chi connectivity index (χ4v) is 2.96. The molecule has 3 rings (SSSR count). The van der Waals surface area contributed by atoms with Gasteiger partial charge in [0.1, 0.15) is 5.75 Å². The SMILES string of the molecule is COCCCNC(=O)c1nc(C(=O)Nc2cc(C)ccc2OC)n2ccccc12. The molecule has 0 saturated heterocycles. The van der Waals surface area contributed by atoms with Gasteiger partial charge < -0.3 is 20.1 Å². The van der Waals surface area contributed by atoms with E-state index in [2.05, 4.69) is 15.6 Å². The normalized spacial score (nSPS) is 10.7. The lowest BCUT2D eigenvalue weighted by molar-refractivity contribution is 0.0946. The molecule has 0 saturated carbocycles. The Balaban J connectivity index is 1.89. The van der Waals surface area contributed by atoms with Crippen LogP contribution in [0.15, 0.2) is 42.6 Å². The van der Waals surface area contributed by atoms with E-state index in [4.69, 9.17) is 9.47 Å². The smallest absolute Gasteiger partial charge is 0.292 e. The summed E-state index contributed by atoms with van der Waals surface area (Å²) in [4.78, 5) is 29.9. The predicted molar refractivity (Wildman–Crippen MR) is 110 cm³/mol. The minimum atomic E-state index is -0.437. The van der Waals surface area contributed by atoms with Gasteiger partial charge in [-0.15, -0.1) is 0 Å². The Kier molecular flexibility index (Phi) is 6.46. The molecule has 0 radical (unpaired) electrons. The summed E-state index contributed by atoms with van der Waals surface area (Å²) >= 11 is 0. The molecule has 152 valence electrons. The number of ether oxygens (including phenoxy) is 2. The van der Waals surface area contributed by atoms with Crippen LogP contribution in [-0.2, 0) is 4.74 Å². The van der Waals surface area contributed by atoms with Crippen LogP contribution in [0.5, 0.6) is 5.75 Å². The summed E-state index contributed by atoms with van der Waals surface area (Å²) in [6.07, 6.45) is 2.39. The zero-order chi connectivity index (χ0) is 20.8. The maximum absolute atomic E-state index is 12.9.